The minimum atomic E-state index is -0.146. The lowest BCUT2D eigenvalue weighted by Gasteiger charge is -2.37. The van der Waals surface area contributed by atoms with Gasteiger partial charge in [0.05, 0.1) is 11.7 Å². The molecule has 0 unspecified atom stereocenters. The highest BCUT2D eigenvalue weighted by atomic mass is 16.1. The van der Waals surface area contributed by atoms with Crippen LogP contribution in [-0.4, -0.2) is 40.4 Å². The van der Waals surface area contributed by atoms with E-state index in [-0.39, 0.29) is 11.9 Å². The van der Waals surface area contributed by atoms with Crippen LogP contribution in [0, 0.1) is 5.92 Å². The van der Waals surface area contributed by atoms with E-state index in [1.807, 2.05) is 30.3 Å². The van der Waals surface area contributed by atoms with Crippen LogP contribution >= 0.6 is 0 Å². The van der Waals surface area contributed by atoms with Gasteiger partial charge in [0, 0.05) is 25.5 Å². The Morgan fingerprint density at radius 2 is 1.77 bits per heavy atom. The summed E-state index contributed by atoms with van der Waals surface area (Å²) in [5.41, 5.74) is 2.72. The summed E-state index contributed by atoms with van der Waals surface area (Å²) in [4.78, 5) is 24.1. The molecule has 154 valence electrons. The molecule has 1 aliphatic rings. The molecule has 0 radical (unpaired) electrons. The van der Waals surface area contributed by atoms with E-state index < -0.39 is 0 Å². The molecule has 1 aliphatic heterocycles. The molecule has 1 fully saturated rings. The van der Waals surface area contributed by atoms with Crippen molar-refractivity contribution in [3.8, 4) is 0 Å². The molecule has 0 spiro atoms. The number of nitrogens with one attached hydrogen (secondary N) is 1. The fourth-order valence-electron chi connectivity index (χ4n) is 4.20. The standard InChI is InChI=1S/C25H28N4O/c30-25(23-13-5-7-16-27-23)28-24(22-12-4-6-15-26-22)21-11-8-17-29(19-21)18-14-20-9-2-1-3-10-20/h1-7,9-10,12-13,15-16,21,24H,8,11,14,17-19H2,(H,28,30)/t21-,24+/m1/s1. The molecule has 2 aromatic heterocycles. The molecule has 3 aromatic rings. The minimum absolute atomic E-state index is 0.125. The van der Waals surface area contributed by atoms with Gasteiger partial charge in [0.15, 0.2) is 0 Å². The van der Waals surface area contributed by atoms with Crippen LogP contribution in [0.1, 0.15) is 40.6 Å². The first kappa shape index (κ1) is 20.2. The monoisotopic (exact) mass is 400 g/mol. The maximum Gasteiger partial charge on any atom is 0.270 e. The highest BCUT2D eigenvalue weighted by Gasteiger charge is 2.30. The van der Waals surface area contributed by atoms with Crippen LogP contribution < -0.4 is 5.32 Å². The number of carbonyl (C=O) groups is 1. The van der Waals surface area contributed by atoms with Crippen molar-refractivity contribution >= 4 is 5.91 Å². The Morgan fingerprint density at radius 1 is 1.00 bits per heavy atom. The fraction of sp³-hybridized carbons (Fsp3) is 0.320. The van der Waals surface area contributed by atoms with Gasteiger partial charge in [0.25, 0.3) is 5.91 Å². The molecule has 1 amide bonds. The van der Waals surface area contributed by atoms with Crippen molar-refractivity contribution in [2.75, 3.05) is 19.6 Å². The van der Waals surface area contributed by atoms with Crippen molar-refractivity contribution in [3.63, 3.8) is 0 Å². The van der Waals surface area contributed by atoms with E-state index in [4.69, 9.17) is 0 Å². The van der Waals surface area contributed by atoms with Gasteiger partial charge in [-0.3, -0.25) is 14.8 Å². The van der Waals surface area contributed by atoms with Gasteiger partial charge < -0.3 is 10.2 Å². The van der Waals surface area contributed by atoms with Crippen molar-refractivity contribution in [2.45, 2.75) is 25.3 Å². The Bertz CT molecular complexity index is 918. The molecule has 2 atom stereocenters. The summed E-state index contributed by atoms with van der Waals surface area (Å²) in [5.74, 6) is 0.171. The normalized spacial score (nSPS) is 17.9. The van der Waals surface area contributed by atoms with E-state index in [0.717, 1.165) is 44.6 Å². The van der Waals surface area contributed by atoms with Crippen LogP contribution in [0.3, 0.4) is 0 Å². The van der Waals surface area contributed by atoms with Crippen molar-refractivity contribution < 1.29 is 4.79 Å². The number of carbonyl (C=O) groups excluding carboxylic acids is 1. The highest BCUT2D eigenvalue weighted by molar-refractivity contribution is 5.92. The molecule has 1 aromatic carbocycles. The largest absolute Gasteiger partial charge is 0.342 e. The predicted molar refractivity (Wildman–Crippen MR) is 118 cm³/mol. The zero-order valence-electron chi connectivity index (χ0n) is 17.2. The molecule has 4 rings (SSSR count). The zero-order chi connectivity index (χ0) is 20.6. The summed E-state index contributed by atoms with van der Waals surface area (Å²) in [5, 5.41) is 3.22. The maximum absolute atomic E-state index is 12.8. The van der Waals surface area contributed by atoms with Gasteiger partial charge >= 0.3 is 0 Å². The quantitative estimate of drug-likeness (QED) is 0.653. The molecule has 30 heavy (non-hydrogen) atoms. The number of hydrogen-bond acceptors (Lipinski definition) is 4. The summed E-state index contributed by atoms with van der Waals surface area (Å²) in [6.07, 6.45) is 6.69. The first-order valence-corrected chi connectivity index (χ1v) is 10.7. The molecular weight excluding hydrogens is 372 g/mol. The Kier molecular flexibility index (Phi) is 6.83. The van der Waals surface area contributed by atoms with Gasteiger partial charge in [-0.15, -0.1) is 0 Å². The van der Waals surface area contributed by atoms with E-state index in [1.165, 1.54) is 5.56 Å². The lowest BCUT2D eigenvalue weighted by molar-refractivity contribution is 0.0876. The summed E-state index contributed by atoms with van der Waals surface area (Å²) in [6, 6.07) is 21.8. The van der Waals surface area contributed by atoms with E-state index in [9.17, 15) is 4.79 Å². The minimum Gasteiger partial charge on any atom is -0.342 e. The number of likely N-dealkylation sites (tertiary alicyclic amines) is 1. The third kappa shape index (κ3) is 5.30. The van der Waals surface area contributed by atoms with Gasteiger partial charge in [-0.25, -0.2) is 0 Å². The smallest absolute Gasteiger partial charge is 0.270 e. The van der Waals surface area contributed by atoms with Gasteiger partial charge in [-0.1, -0.05) is 42.5 Å². The van der Waals surface area contributed by atoms with E-state index >= 15 is 0 Å². The summed E-state index contributed by atoms with van der Waals surface area (Å²) in [7, 11) is 0. The second-order valence-electron chi connectivity index (χ2n) is 7.86. The summed E-state index contributed by atoms with van der Waals surface area (Å²) in [6.45, 7) is 3.09. The number of amides is 1. The molecular formula is C25H28N4O. The number of piperidine rings is 1. The Hall–Kier alpha value is -3.05. The van der Waals surface area contributed by atoms with Crippen LogP contribution in [0.4, 0.5) is 0 Å². The number of aromatic nitrogens is 2. The van der Waals surface area contributed by atoms with Gasteiger partial charge in [-0.05, 0) is 61.6 Å². The van der Waals surface area contributed by atoms with Crippen molar-refractivity contribution in [3.05, 3.63) is 96.1 Å². The zero-order valence-corrected chi connectivity index (χ0v) is 17.2. The maximum atomic E-state index is 12.8. The average Bonchev–Trinajstić information content (AvgIpc) is 2.83. The highest BCUT2D eigenvalue weighted by Crippen LogP contribution is 2.29. The van der Waals surface area contributed by atoms with Crippen LogP contribution in [0.25, 0.3) is 0 Å². The molecule has 5 heteroatoms. The first-order valence-electron chi connectivity index (χ1n) is 10.7. The number of benzene rings is 1. The van der Waals surface area contributed by atoms with Crippen molar-refractivity contribution in [2.24, 2.45) is 5.92 Å². The molecule has 1 saturated heterocycles. The summed E-state index contributed by atoms with van der Waals surface area (Å²) < 4.78 is 0. The van der Waals surface area contributed by atoms with Gasteiger partial charge in [0.2, 0.25) is 0 Å². The van der Waals surface area contributed by atoms with Crippen LogP contribution in [0.2, 0.25) is 0 Å². The van der Waals surface area contributed by atoms with Crippen LogP contribution in [0.5, 0.6) is 0 Å². The van der Waals surface area contributed by atoms with E-state index in [1.54, 1.807) is 18.5 Å². The van der Waals surface area contributed by atoms with Gasteiger partial charge in [0.1, 0.15) is 5.69 Å². The van der Waals surface area contributed by atoms with Crippen molar-refractivity contribution in [1.82, 2.24) is 20.2 Å². The lowest BCUT2D eigenvalue weighted by Crippen LogP contribution is -2.44. The third-order valence-electron chi connectivity index (χ3n) is 5.76. The topological polar surface area (TPSA) is 58.1 Å². The number of nitrogens with zero attached hydrogens (tertiary/aromatic N) is 3. The van der Waals surface area contributed by atoms with Crippen molar-refractivity contribution in [1.29, 1.82) is 0 Å². The SMILES string of the molecule is O=C(N[C@H](c1ccccn1)[C@@H]1CCCN(CCc2ccccc2)C1)c1ccccn1. The second-order valence-corrected chi connectivity index (χ2v) is 7.86. The number of hydrogen-bond donors (Lipinski definition) is 1. The summed E-state index contributed by atoms with van der Waals surface area (Å²) >= 11 is 0. The Morgan fingerprint density at radius 3 is 2.50 bits per heavy atom. The third-order valence-corrected chi connectivity index (χ3v) is 5.76. The Balaban J connectivity index is 1.46. The lowest BCUT2D eigenvalue weighted by atomic mass is 9.88. The Labute approximate surface area is 178 Å². The van der Waals surface area contributed by atoms with Crippen LogP contribution in [0.15, 0.2) is 79.1 Å². The molecule has 0 bridgehead atoms. The van der Waals surface area contributed by atoms with Gasteiger partial charge in [-0.2, -0.15) is 0 Å². The second kappa shape index (κ2) is 10.1. The average molecular weight is 401 g/mol. The first-order chi connectivity index (χ1) is 14.8. The molecule has 5 nitrogen and oxygen atoms in total. The number of pyridine rings is 2. The van der Waals surface area contributed by atoms with Crippen LogP contribution in [-0.2, 0) is 6.42 Å². The van der Waals surface area contributed by atoms with E-state index in [2.05, 4.69) is 50.5 Å². The molecule has 3 heterocycles. The molecule has 0 aliphatic carbocycles. The molecule has 0 saturated carbocycles. The van der Waals surface area contributed by atoms with E-state index in [0.29, 0.717) is 11.6 Å². The predicted octanol–water partition coefficient (Wildman–Crippen LogP) is 3.90. The molecule has 1 N–H and O–H groups in total. The number of rotatable bonds is 7. The fourth-order valence-corrected chi connectivity index (χ4v) is 4.20.